The van der Waals surface area contributed by atoms with Crippen molar-refractivity contribution in [3.8, 4) is 5.75 Å². The van der Waals surface area contributed by atoms with Gasteiger partial charge >= 0.3 is 0 Å². The molecule has 2 rings (SSSR count). The van der Waals surface area contributed by atoms with Crippen molar-refractivity contribution in [1.82, 2.24) is 15.5 Å². The molecule has 0 aromatic heterocycles. The lowest BCUT2D eigenvalue weighted by Crippen LogP contribution is -2.57. The number of nitrogens with zero attached hydrogens (tertiary/aromatic N) is 2. The van der Waals surface area contributed by atoms with E-state index < -0.39 is 0 Å². The molecule has 2 N–H and O–H groups in total. The first kappa shape index (κ1) is 22.5. The molecule has 0 saturated carbocycles. The second-order valence-corrected chi connectivity index (χ2v) is 7.46. The summed E-state index contributed by atoms with van der Waals surface area (Å²) in [7, 11) is 7.75. The predicted molar refractivity (Wildman–Crippen MR) is 113 cm³/mol. The standard InChI is InChI=1S/C21H36N4O3/c1-17-6-7-18(19(14-17)28-13-12-26-5)15-23-20(22-2)24-16-21(25(3)4)8-10-27-11-9-21/h6-7,14H,8-13,15-16H2,1-5H3,(H2,22,23,24). The summed E-state index contributed by atoms with van der Waals surface area (Å²) in [5, 5.41) is 6.91. The highest BCUT2D eigenvalue weighted by atomic mass is 16.5. The first-order valence-electron chi connectivity index (χ1n) is 9.92. The molecular formula is C21H36N4O3. The lowest BCUT2D eigenvalue weighted by Gasteiger charge is -2.43. The van der Waals surface area contributed by atoms with E-state index in [0.717, 1.165) is 49.9 Å². The maximum atomic E-state index is 5.88. The molecule has 1 fully saturated rings. The second-order valence-electron chi connectivity index (χ2n) is 7.46. The number of guanidine groups is 1. The van der Waals surface area contributed by atoms with Gasteiger partial charge in [0, 0.05) is 51.6 Å². The van der Waals surface area contributed by atoms with Crippen LogP contribution in [-0.2, 0) is 16.0 Å². The number of hydrogen-bond acceptors (Lipinski definition) is 5. The van der Waals surface area contributed by atoms with Crippen LogP contribution in [-0.4, -0.2) is 77.6 Å². The van der Waals surface area contributed by atoms with Gasteiger partial charge in [0.25, 0.3) is 0 Å². The van der Waals surface area contributed by atoms with E-state index in [0.29, 0.717) is 19.8 Å². The summed E-state index contributed by atoms with van der Waals surface area (Å²) in [6, 6.07) is 6.25. The van der Waals surface area contributed by atoms with Gasteiger partial charge in [-0.3, -0.25) is 4.99 Å². The Morgan fingerprint density at radius 1 is 1.21 bits per heavy atom. The van der Waals surface area contributed by atoms with Crippen LogP contribution in [0.3, 0.4) is 0 Å². The first-order chi connectivity index (χ1) is 13.5. The van der Waals surface area contributed by atoms with Crippen LogP contribution in [0.25, 0.3) is 0 Å². The van der Waals surface area contributed by atoms with Gasteiger partial charge in [0.05, 0.1) is 6.61 Å². The quantitative estimate of drug-likeness (QED) is 0.379. The Kier molecular flexibility index (Phi) is 9.02. The number of rotatable bonds is 9. The fourth-order valence-corrected chi connectivity index (χ4v) is 3.36. The largest absolute Gasteiger partial charge is 0.491 e. The van der Waals surface area contributed by atoms with Crippen LogP contribution < -0.4 is 15.4 Å². The van der Waals surface area contributed by atoms with Crippen molar-refractivity contribution in [3.05, 3.63) is 29.3 Å². The van der Waals surface area contributed by atoms with Crippen molar-refractivity contribution < 1.29 is 14.2 Å². The average Bonchev–Trinajstić information content (AvgIpc) is 2.70. The van der Waals surface area contributed by atoms with Crippen LogP contribution in [0.4, 0.5) is 0 Å². The van der Waals surface area contributed by atoms with Gasteiger partial charge in [-0.2, -0.15) is 0 Å². The molecule has 1 aliphatic rings. The summed E-state index contributed by atoms with van der Waals surface area (Å²) in [5.74, 6) is 1.67. The lowest BCUT2D eigenvalue weighted by atomic mass is 9.88. The summed E-state index contributed by atoms with van der Waals surface area (Å²) >= 11 is 0. The molecule has 0 amide bonds. The third-order valence-corrected chi connectivity index (χ3v) is 5.39. The van der Waals surface area contributed by atoms with Crippen molar-refractivity contribution in [2.45, 2.75) is 31.8 Å². The first-order valence-corrected chi connectivity index (χ1v) is 9.92. The molecule has 0 atom stereocenters. The van der Waals surface area contributed by atoms with Gasteiger partial charge in [-0.25, -0.2) is 0 Å². The number of ether oxygens (including phenoxy) is 3. The topological polar surface area (TPSA) is 67.4 Å². The summed E-state index contributed by atoms with van der Waals surface area (Å²) in [6.45, 7) is 6.24. The Hall–Kier alpha value is -1.83. The van der Waals surface area contributed by atoms with Crippen molar-refractivity contribution in [2.75, 3.05) is 61.2 Å². The van der Waals surface area contributed by atoms with Crippen LogP contribution in [0.1, 0.15) is 24.0 Å². The van der Waals surface area contributed by atoms with Crippen LogP contribution in [0.5, 0.6) is 5.75 Å². The summed E-state index contributed by atoms with van der Waals surface area (Å²) in [4.78, 5) is 6.69. The molecule has 7 heteroatoms. The lowest BCUT2D eigenvalue weighted by molar-refractivity contribution is -0.00501. The minimum atomic E-state index is 0.0914. The molecule has 0 unspecified atom stereocenters. The fourth-order valence-electron chi connectivity index (χ4n) is 3.36. The number of methoxy groups -OCH3 is 1. The van der Waals surface area contributed by atoms with Crippen molar-refractivity contribution >= 4 is 5.96 Å². The zero-order chi connectivity index (χ0) is 20.4. The Morgan fingerprint density at radius 2 is 1.96 bits per heavy atom. The highest BCUT2D eigenvalue weighted by molar-refractivity contribution is 5.79. The number of hydrogen-bond donors (Lipinski definition) is 2. The molecule has 1 saturated heterocycles. The third kappa shape index (κ3) is 6.36. The van der Waals surface area contributed by atoms with Gasteiger partial charge in [-0.15, -0.1) is 0 Å². The molecule has 28 heavy (non-hydrogen) atoms. The van der Waals surface area contributed by atoms with Crippen LogP contribution >= 0.6 is 0 Å². The molecule has 158 valence electrons. The minimum Gasteiger partial charge on any atom is -0.491 e. The van der Waals surface area contributed by atoms with E-state index in [-0.39, 0.29) is 5.54 Å². The van der Waals surface area contributed by atoms with Crippen molar-refractivity contribution in [3.63, 3.8) is 0 Å². The SMILES string of the molecule is CN=C(NCc1ccc(C)cc1OCCOC)NCC1(N(C)C)CCOCC1. The average molecular weight is 393 g/mol. The predicted octanol–water partition coefficient (Wildman–Crippen LogP) is 1.80. The maximum Gasteiger partial charge on any atom is 0.191 e. The van der Waals surface area contributed by atoms with E-state index in [9.17, 15) is 0 Å². The Labute approximate surface area is 169 Å². The van der Waals surface area contributed by atoms with Crippen molar-refractivity contribution in [2.24, 2.45) is 4.99 Å². The van der Waals surface area contributed by atoms with Crippen LogP contribution in [0.2, 0.25) is 0 Å². The maximum absolute atomic E-state index is 5.88. The van der Waals surface area contributed by atoms with Gasteiger partial charge in [0.15, 0.2) is 5.96 Å². The number of nitrogens with one attached hydrogen (secondary N) is 2. The van der Waals surface area contributed by atoms with E-state index >= 15 is 0 Å². The van der Waals surface area contributed by atoms with E-state index in [2.05, 4.69) is 59.7 Å². The van der Waals surface area contributed by atoms with Gasteiger partial charge in [0.2, 0.25) is 0 Å². The Bertz CT molecular complexity index is 628. The fraction of sp³-hybridized carbons (Fsp3) is 0.667. The minimum absolute atomic E-state index is 0.0914. The molecule has 7 nitrogen and oxygen atoms in total. The summed E-state index contributed by atoms with van der Waals surface area (Å²) < 4.78 is 16.5. The summed E-state index contributed by atoms with van der Waals surface area (Å²) in [6.07, 6.45) is 2.03. The Balaban J connectivity index is 1.94. The molecule has 1 heterocycles. The highest BCUT2D eigenvalue weighted by Crippen LogP contribution is 2.25. The molecule has 1 aliphatic heterocycles. The molecule has 0 bridgehead atoms. The molecule has 1 aromatic rings. The molecule has 0 spiro atoms. The van der Waals surface area contributed by atoms with Crippen molar-refractivity contribution in [1.29, 1.82) is 0 Å². The number of aliphatic imine (C=N–C) groups is 1. The van der Waals surface area contributed by atoms with Gasteiger partial charge in [-0.05, 0) is 45.5 Å². The Morgan fingerprint density at radius 3 is 2.61 bits per heavy atom. The third-order valence-electron chi connectivity index (χ3n) is 5.39. The molecule has 1 aromatic carbocycles. The number of aryl methyl sites for hydroxylation is 1. The normalized spacial score (nSPS) is 16.9. The van der Waals surface area contributed by atoms with Crippen LogP contribution in [0.15, 0.2) is 23.2 Å². The number of likely N-dealkylation sites (N-methyl/N-ethyl adjacent to an activating group) is 1. The summed E-state index contributed by atoms with van der Waals surface area (Å²) in [5.41, 5.74) is 2.36. The van der Waals surface area contributed by atoms with E-state index in [4.69, 9.17) is 14.2 Å². The smallest absolute Gasteiger partial charge is 0.191 e. The number of benzene rings is 1. The molecule has 0 radical (unpaired) electrons. The zero-order valence-corrected chi connectivity index (χ0v) is 18.0. The monoisotopic (exact) mass is 392 g/mol. The van der Waals surface area contributed by atoms with E-state index in [1.54, 1.807) is 14.2 Å². The molecular weight excluding hydrogens is 356 g/mol. The van der Waals surface area contributed by atoms with Gasteiger partial charge in [-0.1, -0.05) is 12.1 Å². The zero-order valence-electron chi connectivity index (χ0n) is 18.0. The van der Waals surface area contributed by atoms with Crippen LogP contribution in [0, 0.1) is 6.92 Å². The van der Waals surface area contributed by atoms with E-state index in [1.165, 1.54) is 5.56 Å². The molecule has 0 aliphatic carbocycles. The van der Waals surface area contributed by atoms with Gasteiger partial charge < -0.3 is 29.7 Å². The van der Waals surface area contributed by atoms with E-state index in [1.807, 2.05) is 0 Å². The van der Waals surface area contributed by atoms with Gasteiger partial charge in [0.1, 0.15) is 12.4 Å². The second kappa shape index (κ2) is 11.2. The highest BCUT2D eigenvalue weighted by Gasteiger charge is 2.34.